The van der Waals surface area contributed by atoms with Crippen molar-refractivity contribution in [3.8, 4) is 0 Å². The summed E-state index contributed by atoms with van der Waals surface area (Å²) in [5.41, 5.74) is 5.32. The van der Waals surface area contributed by atoms with Crippen molar-refractivity contribution < 1.29 is 4.39 Å². The van der Waals surface area contributed by atoms with Crippen LogP contribution in [0.2, 0.25) is 0 Å². The minimum atomic E-state index is -0.330. The highest BCUT2D eigenvalue weighted by Crippen LogP contribution is 2.16. The Hall–Kier alpha value is 0.230. The Morgan fingerprint density at radius 3 is 3.00 bits per heavy atom. The van der Waals surface area contributed by atoms with Crippen LogP contribution in [0.5, 0.6) is 0 Å². The van der Waals surface area contributed by atoms with Gasteiger partial charge in [-0.15, -0.1) is 0 Å². The fourth-order valence-electron chi connectivity index (χ4n) is 0.446. The summed E-state index contributed by atoms with van der Waals surface area (Å²) in [5, 5.41) is 0. The molecule has 0 saturated heterocycles. The van der Waals surface area contributed by atoms with Crippen molar-refractivity contribution in [3.05, 3.63) is 9.91 Å². The van der Waals surface area contributed by atoms with Crippen LogP contribution in [0, 0.1) is 0 Å². The fourth-order valence-corrected chi connectivity index (χ4v) is 2.35. The topological polar surface area (TPSA) is 26.0 Å². The number of rotatable bonds is 0. The molecule has 0 radical (unpaired) electrons. The second-order valence-electron chi connectivity index (χ2n) is 1.62. The van der Waals surface area contributed by atoms with E-state index in [4.69, 9.17) is 5.73 Å². The molecule has 1 atom stereocenters. The molecule has 0 aromatic carbocycles. The number of halogens is 2. The summed E-state index contributed by atoms with van der Waals surface area (Å²) in [7, 11) is 0. The predicted octanol–water partition coefficient (Wildman–Crippen LogP) is 1.30. The first-order chi connectivity index (χ1) is 3.80. The van der Waals surface area contributed by atoms with E-state index in [1.807, 2.05) is 0 Å². The van der Waals surface area contributed by atoms with E-state index in [0.717, 1.165) is 6.42 Å². The molecular weight excluding hydrogens is 220 g/mol. The maximum Gasteiger partial charge on any atom is 0.123 e. The smallest absolute Gasteiger partial charge is 0.123 e. The molecule has 0 saturated carbocycles. The largest absolute Gasteiger partial charge is 0.322 e. The van der Waals surface area contributed by atoms with Crippen LogP contribution in [0.15, 0.2) is 9.91 Å². The Balaban J connectivity index is 2.66. The van der Waals surface area contributed by atoms with Crippen LogP contribution in [0.3, 0.4) is 0 Å². The first kappa shape index (κ1) is 6.35. The molecule has 1 heterocycles. The highest BCUT2D eigenvalue weighted by molar-refractivity contribution is 14.2. The van der Waals surface area contributed by atoms with E-state index in [0.29, 0.717) is 0 Å². The standard InChI is InChI=1S/C5H7FIN/c6-4-3-7-2-1-5(4)8/h2-3,5H,1,8H2. The Morgan fingerprint density at radius 2 is 2.62 bits per heavy atom. The van der Waals surface area contributed by atoms with E-state index in [-0.39, 0.29) is 32.6 Å². The monoisotopic (exact) mass is 227 g/mol. The Labute approximate surface area is 57.5 Å². The molecule has 2 N–H and O–H groups in total. The van der Waals surface area contributed by atoms with Crippen LogP contribution in [-0.4, -0.2) is 10.1 Å². The average Bonchev–Trinajstić information content (AvgIpc) is 1.77. The summed E-state index contributed by atoms with van der Waals surface area (Å²) in [6, 6.07) is -0.330. The van der Waals surface area contributed by atoms with Gasteiger partial charge in [0.15, 0.2) is 0 Å². The van der Waals surface area contributed by atoms with Crippen LogP contribution < -0.4 is 5.73 Å². The molecule has 0 spiro atoms. The van der Waals surface area contributed by atoms with Crippen molar-refractivity contribution in [2.24, 2.45) is 5.73 Å². The maximum absolute atomic E-state index is 12.3. The molecule has 1 aliphatic rings. The minimum absolute atomic E-state index is 0.0947. The third-order valence-electron chi connectivity index (χ3n) is 0.954. The number of nitrogens with two attached hydrogens (primary N) is 1. The van der Waals surface area contributed by atoms with E-state index in [9.17, 15) is 4.39 Å². The van der Waals surface area contributed by atoms with Gasteiger partial charge in [-0.05, 0) is 10.4 Å². The van der Waals surface area contributed by atoms with Crippen molar-refractivity contribution in [1.29, 1.82) is 0 Å². The van der Waals surface area contributed by atoms with Gasteiger partial charge in [0.1, 0.15) is 5.83 Å². The van der Waals surface area contributed by atoms with E-state index < -0.39 is 0 Å². The summed E-state index contributed by atoms with van der Waals surface area (Å²) in [6.07, 6.45) is 0.732. The fraction of sp³-hybridized carbons (Fsp3) is 0.400. The molecule has 1 rings (SSSR count). The van der Waals surface area contributed by atoms with Crippen LogP contribution in [0.25, 0.3) is 0 Å². The van der Waals surface area contributed by atoms with Gasteiger partial charge in [0.05, 0.1) is 6.04 Å². The summed E-state index contributed by atoms with van der Waals surface area (Å²) in [6.45, 7) is 0. The first-order valence-electron chi connectivity index (χ1n) is 2.35. The van der Waals surface area contributed by atoms with Gasteiger partial charge in [-0.3, -0.25) is 0 Å². The van der Waals surface area contributed by atoms with E-state index in [1.54, 1.807) is 4.08 Å². The van der Waals surface area contributed by atoms with Gasteiger partial charge < -0.3 is 5.73 Å². The Kier molecular flexibility index (Phi) is 2.13. The highest BCUT2D eigenvalue weighted by Gasteiger charge is 2.07. The van der Waals surface area contributed by atoms with Gasteiger partial charge in [-0.1, -0.05) is 20.7 Å². The first-order valence-corrected chi connectivity index (χ1v) is 4.84. The minimum Gasteiger partial charge on any atom is -0.322 e. The van der Waals surface area contributed by atoms with Gasteiger partial charge >= 0.3 is 0 Å². The molecule has 0 aliphatic carbocycles. The quantitative estimate of drug-likeness (QED) is 0.620. The van der Waals surface area contributed by atoms with Crippen LogP contribution >= 0.6 is 20.7 Å². The van der Waals surface area contributed by atoms with Crippen molar-refractivity contribution in [2.75, 3.05) is 0 Å². The molecule has 3 heteroatoms. The Bertz CT molecular complexity index is 141. The van der Waals surface area contributed by atoms with Gasteiger partial charge in [-0.2, -0.15) is 0 Å². The van der Waals surface area contributed by atoms with Gasteiger partial charge in [0.25, 0.3) is 0 Å². The zero-order chi connectivity index (χ0) is 5.98. The van der Waals surface area contributed by atoms with Crippen LogP contribution in [-0.2, 0) is 0 Å². The third-order valence-corrected chi connectivity index (χ3v) is 2.93. The number of hydrogen-bond acceptors (Lipinski definition) is 1. The van der Waals surface area contributed by atoms with E-state index in [2.05, 4.69) is 4.01 Å². The summed E-state index contributed by atoms with van der Waals surface area (Å²) in [4.78, 5) is 0. The second-order valence-corrected chi connectivity index (χ2v) is 3.84. The molecule has 1 aliphatic heterocycles. The molecule has 0 bridgehead atoms. The molecule has 0 aromatic rings. The number of hydrogen-bond donors (Lipinski definition) is 1. The molecular formula is C5H7FIN. The molecule has 46 valence electrons. The lowest BCUT2D eigenvalue weighted by molar-refractivity contribution is 0.553. The normalized spacial score (nSPS) is 28.8. The van der Waals surface area contributed by atoms with Gasteiger partial charge in [-0.25, -0.2) is 4.39 Å². The van der Waals surface area contributed by atoms with Crippen LogP contribution in [0.1, 0.15) is 6.42 Å². The van der Waals surface area contributed by atoms with Crippen LogP contribution in [0.4, 0.5) is 4.39 Å². The maximum atomic E-state index is 12.3. The van der Waals surface area contributed by atoms with Gasteiger partial charge in [0.2, 0.25) is 0 Å². The van der Waals surface area contributed by atoms with Crippen molar-refractivity contribution >= 4 is 24.7 Å². The van der Waals surface area contributed by atoms with E-state index >= 15 is 0 Å². The molecule has 0 fully saturated rings. The predicted molar refractivity (Wildman–Crippen MR) is 41.9 cm³/mol. The summed E-state index contributed by atoms with van der Waals surface area (Å²) in [5.74, 6) is -0.111. The molecule has 0 aromatic heterocycles. The molecule has 1 nitrogen and oxygen atoms in total. The van der Waals surface area contributed by atoms with Gasteiger partial charge in [0, 0.05) is 4.08 Å². The zero-order valence-electron chi connectivity index (χ0n) is 4.27. The van der Waals surface area contributed by atoms with Crippen molar-refractivity contribution in [2.45, 2.75) is 12.5 Å². The average molecular weight is 227 g/mol. The lowest BCUT2D eigenvalue weighted by Crippen LogP contribution is -2.21. The lowest BCUT2D eigenvalue weighted by atomic mass is 10.2. The molecule has 8 heavy (non-hydrogen) atoms. The highest BCUT2D eigenvalue weighted by atomic mass is 127. The van der Waals surface area contributed by atoms with E-state index in [1.165, 1.54) is 0 Å². The lowest BCUT2D eigenvalue weighted by Gasteiger charge is -2.06. The third kappa shape index (κ3) is 1.35. The summed E-state index contributed by atoms with van der Waals surface area (Å²) < 4.78 is 16.0. The van der Waals surface area contributed by atoms with Crippen molar-refractivity contribution in [1.82, 2.24) is 0 Å². The van der Waals surface area contributed by atoms with Crippen molar-refractivity contribution in [3.63, 3.8) is 0 Å². The second kappa shape index (κ2) is 2.68. The molecule has 0 amide bonds. The zero-order valence-corrected chi connectivity index (χ0v) is 6.43. The Morgan fingerprint density at radius 1 is 1.88 bits per heavy atom. The SMILES string of the molecule is NC1CC=IC=C1F. The molecule has 1 unspecified atom stereocenters. The summed E-state index contributed by atoms with van der Waals surface area (Å²) >= 11 is -0.0947.